The smallest absolute Gasteiger partial charge is 0.320 e. The van der Waals surface area contributed by atoms with Gasteiger partial charge in [0.1, 0.15) is 5.60 Å². The summed E-state index contributed by atoms with van der Waals surface area (Å²) in [5.74, 6) is -0.173. The van der Waals surface area contributed by atoms with E-state index >= 15 is 0 Å². The highest BCUT2D eigenvalue weighted by atomic mass is 16.6. The summed E-state index contributed by atoms with van der Waals surface area (Å²) in [6.45, 7) is 11.4. The van der Waals surface area contributed by atoms with E-state index in [1.165, 1.54) is 32.4 Å². The van der Waals surface area contributed by atoms with Crippen LogP contribution in [0.3, 0.4) is 0 Å². The summed E-state index contributed by atoms with van der Waals surface area (Å²) in [5.41, 5.74) is -0.392. The zero-order valence-electron chi connectivity index (χ0n) is 12.3. The first kappa shape index (κ1) is 15.4. The van der Waals surface area contributed by atoms with Crippen molar-refractivity contribution < 1.29 is 9.53 Å². The van der Waals surface area contributed by atoms with Crippen LogP contribution in [0, 0.1) is 0 Å². The molecule has 1 aliphatic heterocycles. The molecule has 0 aromatic rings. The Morgan fingerprint density at radius 3 is 2.44 bits per heavy atom. The van der Waals surface area contributed by atoms with E-state index in [1.54, 1.807) is 0 Å². The zero-order valence-corrected chi connectivity index (χ0v) is 12.3. The quantitative estimate of drug-likeness (QED) is 0.762. The molecule has 0 aromatic carbocycles. The van der Waals surface area contributed by atoms with Crippen molar-refractivity contribution in [3.8, 4) is 0 Å². The third kappa shape index (κ3) is 6.36. The van der Waals surface area contributed by atoms with Crippen molar-refractivity contribution in [3.05, 3.63) is 0 Å². The predicted octanol–water partition coefficient (Wildman–Crippen LogP) is 1.79. The molecule has 1 unspecified atom stereocenters. The number of hydrogen-bond acceptors (Lipinski definition) is 4. The summed E-state index contributed by atoms with van der Waals surface area (Å²) in [6, 6.07) is 0.493. The summed E-state index contributed by atoms with van der Waals surface area (Å²) in [5, 5.41) is 3.19. The van der Waals surface area contributed by atoms with Crippen LogP contribution in [0.15, 0.2) is 0 Å². The Bertz CT molecular complexity index is 255. The molecule has 0 spiro atoms. The van der Waals surface area contributed by atoms with Gasteiger partial charge in [0.2, 0.25) is 0 Å². The highest BCUT2D eigenvalue weighted by Gasteiger charge is 2.18. The molecule has 0 aromatic heterocycles. The zero-order chi connectivity index (χ0) is 13.6. The molecule has 1 rings (SSSR count). The molecule has 1 atom stereocenters. The fourth-order valence-electron chi connectivity index (χ4n) is 2.25. The summed E-state index contributed by atoms with van der Waals surface area (Å²) in [6.07, 6.45) is 3.96. The Morgan fingerprint density at radius 2 is 1.89 bits per heavy atom. The first-order valence-electron chi connectivity index (χ1n) is 7.05. The molecule has 1 fully saturated rings. The number of carbonyl (C=O) groups excluding carboxylic acids is 1. The van der Waals surface area contributed by atoms with Gasteiger partial charge in [0.15, 0.2) is 0 Å². The SMILES string of the molecule is CC(CNCC(=O)OC(C)(C)C)N1CCCCC1. The van der Waals surface area contributed by atoms with Crippen molar-refractivity contribution in [1.82, 2.24) is 10.2 Å². The normalized spacial score (nSPS) is 19.6. The minimum absolute atomic E-state index is 0.173. The Balaban J connectivity index is 2.14. The van der Waals surface area contributed by atoms with Gasteiger partial charge in [-0.1, -0.05) is 6.42 Å². The molecule has 0 aliphatic carbocycles. The Hall–Kier alpha value is -0.610. The highest BCUT2D eigenvalue weighted by Crippen LogP contribution is 2.11. The van der Waals surface area contributed by atoms with E-state index in [0.29, 0.717) is 12.6 Å². The molecular formula is C14H28N2O2. The van der Waals surface area contributed by atoms with Crippen LogP contribution in [0.4, 0.5) is 0 Å². The van der Waals surface area contributed by atoms with Gasteiger partial charge in [-0.2, -0.15) is 0 Å². The number of nitrogens with zero attached hydrogens (tertiary/aromatic N) is 1. The molecule has 1 N–H and O–H groups in total. The molecule has 0 bridgehead atoms. The Morgan fingerprint density at radius 1 is 1.28 bits per heavy atom. The summed E-state index contributed by atoms with van der Waals surface area (Å²) >= 11 is 0. The van der Waals surface area contributed by atoms with Crippen LogP contribution in [-0.2, 0) is 9.53 Å². The lowest BCUT2D eigenvalue weighted by molar-refractivity contribution is -0.153. The van der Waals surface area contributed by atoms with E-state index in [2.05, 4.69) is 17.1 Å². The first-order valence-corrected chi connectivity index (χ1v) is 7.05. The second kappa shape index (κ2) is 7.10. The van der Waals surface area contributed by atoms with E-state index in [1.807, 2.05) is 20.8 Å². The molecule has 4 heteroatoms. The number of ether oxygens (including phenoxy) is 1. The molecular weight excluding hydrogens is 228 g/mol. The molecule has 4 nitrogen and oxygen atoms in total. The maximum Gasteiger partial charge on any atom is 0.320 e. The van der Waals surface area contributed by atoms with Gasteiger partial charge in [-0.25, -0.2) is 0 Å². The largest absolute Gasteiger partial charge is 0.459 e. The lowest BCUT2D eigenvalue weighted by Gasteiger charge is -2.32. The molecule has 0 radical (unpaired) electrons. The van der Waals surface area contributed by atoms with Crippen LogP contribution in [0.2, 0.25) is 0 Å². The Kier molecular flexibility index (Phi) is 6.09. The molecule has 18 heavy (non-hydrogen) atoms. The lowest BCUT2D eigenvalue weighted by Crippen LogP contribution is -2.44. The van der Waals surface area contributed by atoms with Crippen molar-refractivity contribution in [2.75, 3.05) is 26.2 Å². The third-order valence-corrected chi connectivity index (χ3v) is 3.14. The summed E-state index contributed by atoms with van der Waals surface area (Å²) in [4.78, 5) is 14.0. The van der Waals surface area contributed by atoms with Crippen LogP contribution in [0.1, 0.15) is 47.0 Å². The average molecular weight is 256 g/mol. The summed E-state index contributed by atoms with van der Waals surface area (Å²) < 4.78 is 5.25. The fraction of sp³-hybridized carbons (Fsp3) is 0.929. The van der Waals surface area contributed by atoms with E-state index < -0.39 is 5.60 Å². The maximum atomic E-state index is 11.5. The Labute approximate surface area is 111 Å². The summed E-state index contributed by atoms with van der Waals surface area (Å²) in [7, 11) is 0. The van der Waals surface area contributed by atoms with Gasteiger partial charge in [0.05, 0.1) is 6.54 Å². The number of rotatable bonds is 5. The van der Waals surface area contributed by atoms with Gasteiger partial charge in [0, 0.05) is 12.6 Å². The maximum absolute atomic E-state index is 11.5. The molecule has 0 saturated carbocycles. The van der Waals surface area contributed by atoms with Gasteiger partial charge in [-0.05, 0) is 53.6 Å². The van der Waals surface area contributed by atoms with Crippen LogP contribution in [0.5, 0.6) is 0 Å². The molecule has 1 aliphatic rings. The number of esters is 1. The average Bonchev–Trinajstić information content (AvgIpc) is 2.27. The molecule has 1 heterocycles. The standard InChI is InChI=1S/C14H28N2O2/c1-12(16-8-6-5-7-9-16)10-15-11-13(17)18-14(2,3)4/h12,15H,5-11H2,1-4H3. The highest BCUT2D eigenvalue weighted by molar-refractivity contribution is 5.72. The monoisotopic (exact) mass is 256 g/mol. The van der Waals surface area contributed by atoms with Crippen molar-refractivity contribution in [1.29, 1.82) is 0 Å². The third-order valence-electron chi connectivity index (χ3n) is 3.14. The lowest BCUT2D eigenvalue weighted by atomic mass is 10.1. The van der Waals surface area contributed by atoms with E-state index in [9.17, 15) is 4.79 Å². The van der Waals surface area contributed by atoms with Gasteiger partial charge < -0.3 is 10.1 Å². The van der Waals surface area contributed by atoms with E-state index in [0.717, 1.165) is 6.54 Å². The number of nitrogens with one attached hydrogen (secondary N) is 1. The van der Waals surface area contributed by atoms with Crippen molar-refractivity contribution >= 4 is 5.97 Å². The van der Waals surface area contributed by atoms with Gasteiger partial charge in [-0.15, -0.1) is 0 Å². The van der Waals surface area contributed by atoms with Crippen LogP contribution in [-0.4, -0.2) is 48.7 Å². The number of hydrogen-bond donors (Lipinski definition) is 1. The first-order chi connectivity index (χ1) is 8.38. The number of carbonyl (C=O) groups is 1. The predicted molar refractivity (Wildman–Crippen MR) is 73.6 cm³/mol. The van der Waals surface area contributed by atoms with E-state index in [4.69, 9.17) is 4.74 Å². The van der Waals surface area contributed by atoms with Crippen LogP contribution in [0.25, 0.3) is 0 Å². The number of likely N-dealkylation sites (tertiary alicyclic amines) is 1. The van der Waals surface area contributed by atoms with Crippen LogP contribution < -0.4 is 5.32 Å². The van der Waals surface area contributed by atoms with Crippen LogP contribution >= 0.6 is 0 Å². The van der Waals surface area contributed by atoms with Crippen molar-refractivity contribution in [2.45, 2.75) is 58.6 Å². The molecule has 1 saturated heterocycles. The topological polar surface area (TPSA) is 41.6 Å². The second-order valence-electron chi connectivity index (χ2n) is 6.16. The van der Waals surface area contributed by atoms with Crippen molar-refractivity contribution in [2.24, 2.45) is 0 Å². The minimum atomic E-state index is -0.392. The fourth-order valence-corrected chi connectivity index (χ4v) is 2.25. The van der Waals surface area contributed by atoms with E-state index in [-0.39, 0.29) is 5.97 Å². The minimum Gasteiger partial charge on any atom is -0.459 e. The van der Waals surface area contributed by atoms with Gasteiger partial charge in [0.25, 0.3) is 0 Å². The van der Waals surface area contributed by atoms with Gasteiger partial charge in [-0.3, -0.25) is 9.69 Å². The number of piperidine rings is 1. The van der Waals surface area contributed by atoms with Crippen molar-refractivity contribution in [3.63, 3.8) is 0 Å². The molecule has 106 valence electrons. The van der Waals surface area contributed by atoms with Gasteiger partial charge >= 0.3 is 5.97 Å². The molecule has 0 amide bonds. The second-order valence-corrected chi connectivity index (χ2v) is 6.16.